The SMILES string of the molecule is C[C@]12CC[C@@H]3[C@@H](CC(O)C4(Cl)CC(O)CC[C@]34C)[C@@H]1CCC2=O. The highest BCUT2D eigenvalue weighted by Crippen LogP contribution is 2.68. The van der Waals surface area contributed by atoms with Gasteiger partial charge < -0.3 is 10.2 Å². The zero-order chi connectivity index (χ0) is 16.6. The Balaban J connectivity index is 1.72. The molecule has 4 rings (SSSR count). The maximum absolute atomic E-state index is 12.4. The molecular weight excluding hydrogens is 312 g/mol. The molecule has 3 nitrogen and oxygen atoms in total. The second kappa shape index (κ2) is 4.95. The molecule has 23 heavy (non-hydrogen) atoms. The van der Waals surface area contributed by atoms with E-state index >= 15 is 0 Å². The molecule has 2 N–H and O–H groups in total. The second-order valence-corrected chi connectivity index (χ2v) is 9.90. The maximum atomic E-state index is 12.4. The molecule has 130 valence electrons. The monoisotopic (exact) mass is 340 g/mol. The van der Waals surface area contributed by atoms with E-state index in [1.807, 2.05) is 0 Å². The summed E-state index contributed by atoms with van der Waals surface area (Å²) in [5, 5.41) is 21.1. The Labute approximate surface area is 143 Å². The van der Waals surface area contributed by atoms with E-state index in [-0.39, 0.29) is 10.8 Å². The second-order valence-electron chi connectivity index (χ2n) is 9.22. The number of fused-ring (bicyclic) bond motifs is 5. The number of carbonyl (C=O) groups excluding carboxylic acids is 1. The van der Waals surface area contributed by atoms with Crippen LogP contribution in [0.2, 0.25) is 0 Å². The van der Waals surface area contributed by atoms with Crippen molar-refractivity contribution in [2.75, 3.05) is 0 Å². The molecule has 4 fully saturated rings. The van der Waals surface area contributed by atoms with Crippen LogP contribution in [0, 0.1) is 28.6 Å². The minimum absolute atomic E-state index is 0.136. The van der Waals surface area contributed by atoms with Gasteiger partial charge in [-0.3, -0.25) is 4.79 Å². The number of Topliss-reactive ketones (excluding diaryl/α,β-unsaturated/α-hetero) is 1. The molecular formula is C19H29ClO3. The highest BCUT2D eigenvalue weighted by Gasteiger charge is 2.67. The van der Waals surface area contributed by atoms with Gasteiger partial charge in [-0.05, 0) is 68.1 Å². The summed E-state index contributed by atoms with van der Waals surface area (Å²) in [6, 6.07) is 0. The van der Waals surface area contributed by atoms with Gasteiger partial charge in [0.25, 0.3) is 0 Å². The van der Waals surface area contributed by atoms with Crippen LogP contribution in [0.15, 0.2) is 0 Å². The van der Waals surface area contributed by atoms with E-state index in [1.54, 1.807) is 0 Å². The van der Waals surface area contributed by atoms with Gasteiger partial charge in [0.05, 0.1) is 17.1 Å². The Kier molecular flexibility index (Phi) is 3.52. The van der Waals surface area contributed by atoms with Crippen LogP contribution in [0.25, 0.3) is 0 Å². The maximum Gasteiger partial charge on any atom is 0.139 e. The van der Waals surface area contributed by atoms with E-state index in [1.165, 1.54) is 0 Å². The van der Waals surface area contributed by atoms with Crippen molar-refractivity contribution in [3.8, 4) is 0 Å². The normalized spacial score (nSPS) is 59.2. The predicted octanol–water partition coefficient (Wildman–Crippen LogP) is 3.29. The molecule has 8 atom stereocenters. The minimum atomic E-state index is -0.706. The first-order valence-electron chi connectivity index (χ1n) is 9.31. The van der Waals surface area contributed by atoms with Crippen molar-refractivity contribution in [2.45, 2.75) is 82.3 Å². The van der Waals surface area contributed by atoms with Gasteiger partial charge in [-0.2, -0.15) is 0 Å². The molecule has 0 saturated heterocycles. The number of hydrogen-bond acceptors (Lipinski definition) is 3. The summed E-state index contributed by atoms with van der Waals surface area (Å²) in [5.74, 6) is 1.72. The van der Waals surface area contributed by atoms with E-state index in [0.29, 0.717) is 42.8 Å². The molecule has 4 saturated carbocycles. The van der Waals surface area contributed by atoms with Crippen LogP contribution in [0.3, 0.4) is 0 Å². The van der Waals surface area contributed by atoms with Crippen LogP contribution in [0.1, 0.15) is 65.2 Å². The molecule has 3 unspecified atom stereocenters. The molecule has 0 spiro atoms. The number of rotatable bonds is 0. The van der Waals surface area contributed by atoms with Crippen molar-refractivity contribution in [1.82, 2.24) is 0 Å². The molecule has 4 aliphatic carbocycles. The lowest BCUT2D eigenvalue weighted by molar-refractivity contribution is -0.159. The van der Waals surface area contributed by atoms with Crippen LogP contribution in [-0.2, 0) is 4.79 Å². The molecule has 0 radical (unpaired) electrons. The lowest BCUT2D eigenvalue weighted by atomic mass is 9.44. The van der Waals surface area contributed by atoms with E-state index in [9.17, 15) is 15.0 Å². The van der Waals surface area contributed by atoms with Gasteiger partial charge in [-0.15, -0.1) is 11.6 Å². The van der Waals surface area contributed by atoms with Crippen molar-refractivity contribution < 1.29 is 15.0 Å². The Morgan fingerprint density at radius 1 is 1.09 bits per heavy atom. The average molecular weight is 341 g/mol. The van der Waals surface area contributed by atoms with Crippen molar-refractivity contribution in [2.24, 2.45) is 28.6 Å². The Hall–Kier alpha value is -0.120. The summed E-state index contributed by atoms with van der Waals surface area (Å²) in [6.45, 7) is 4.40. The van der Waals surface area contributed by atoms with Gasteiger partial charge in [0.1, 0.15) is 5.78 Å². The van der Waals surface area contributed by atoms with Crippen LogP contribution in [0.4, 0.5) is 0 Å². The molecule has 0 aliphatic heterocycles. The molecule has 0 bridgehead atoms. The molecule has 4 heteroatoms. The zero-order valence-corrected chi connectivity index (χ0v) is 15.0. The fraction of sp³-hybridized carbons (Fsp3) is 0.947. The number of alkyl halides is 1. The Morgan fingerprint density at radius 3 is 2.57 bits per heavy atom. The van der Waals surface area contributed by atoms with Crippen molar-refractivity contribution in [3.63, 3.8) is 0 Å². The topological polar surface area (TPSA) is 57.5 Å². The van der Waals surface area contributed by atoms with Gasteiger partial charge in [-0.25, -0.2) is 0 Å². The third-order valence-corrected chi connectivity index (χ3v) is 9.31. The first-order valence-corrected chi connectivity index (χ1v) is 9.68. The van der Waals surface area contributed by atoms with Crippen molar-refractivity contribution >= 4 is 17.4 Å². The highest BCUT2D eigenvalue weighted by molar-refractivity contribution is 6.25. The number of aliphatic hydroxyl groups excluding tert-OH is 2. The Morgan fingerprint density at radius 2 is 1.83 bits per heavy atom. The Bertz CT molecular complexity index is 537. The molecule has 4 aliphatic rings. The first kappa shape index (κ1) is 16.4. The minimum Gasteiger partial charge on any atom is -0.393 e. The summed E-state index contributed by atoms with van der Waals surface area (Å²) in [6.07, 6.45) is 5.59. The molecule has 0 heterocycles. The van der Waals surface area contributed by atoms with E-state index < -0.39 is 17.1 Å². The number of halogens is 1. The van der Waals surface area contributed by atoms with Gasteiger partial charge in [0.2, 0.25) is 0 Å². The smallest absolute Gasteiger partial charge is 0.139 e. The largest absolute Gasteiger partial charge is 0.393 e. The fourth-order valence-electron chi connectivity index (χ4n) is 6.99. The molecule has 0 aromatic carbocycles. The summed E-state index contributed by atoms with van der Waals surface area (Å²) in [4.78, 5) is 11.7. The summed E-state index contributed by atoms with van der Waals surface area (Å²) in [7, 11) is 0. The van der Waals surface area contributed by atoms with Gasteiger partial charge >= 0.3 is 0 Å². The standard InChI is InChI=1S/C19H29ClO3/c1-17-7-6-14-12(13(17)3-4-15(17)22)9-16(23)19(20)10-11(21)5-8-18(14,19)2/h11-14,16,21,23H,3-10H2,1-2H3/t11?,12-,13-,14+,16?,17-,18+,19?/m0/s1. The van der Waals surface area contributed by atoms with Crippen LogP contribution >= 0.6 is 11.6 Å². The van der Waals surface area contributed by atoms with E-state index in [0.717, 1.165) is 32.1 Å². The van der Waals surface area contributed by atoms with Gasteiger partial charge in [0, 0.05) is 11.8 Å². The lowest BCUT2D eigenvalue weighted by Gasteiger charge is -2.64. The number of carbonyl (C=O) groups is 1. The van der Waals surface area contributed by atoms with E-state index in [4.69, 9.17) is 11.6 Å². The van der Waals surface area contributed by atoms with Crippen molar-refractivity contribution in [1.29, 1.82) is 0 Å². The quantitative estimate of drug-likeness (QED) is 0.665. The summed E-state index contributed by atoms with van der Waals surface area (Å²) < 4.78 is 0. The predicted molar refractivity (Wildman–Crippen MR) is 89.2 cm³/mol. The van der Waals surface area contributed by atoms with Crippen LogP contribution in [-0.4, -0.2) is 33.1 Å². The summed E-state index contributed by atoms with van der Waals surface area (Å²) >= 11 is 7.01. The third kappa shape index (κ3) is 1.93. The summed E-state index contributed by atoms with van der Waals surface area (Å²) in [5.41, 5.74) is -0.305. The third-order valence-electron chi connectivity index (χ3n) is 8.47. The van der Waals surface area contributed by atoms with Gasteiger partial charge in [0.15, 0.2) is 0 Å². The van der Waals surface area contributed by atoms with Gasteiger partial charge in [-0.1, -0.05) is 13.8 Å². The molecule has 0 aromatic heterocycles. The fourth-order valence-corrected chi connectivity index (χ4v) is 7.49. The number of aliphatic hydroxyl groups is 2. The molecule has 0 aromatic rings. The van der Waals surface area contributed by atoms with Crippen LogP contribution in [0.5, 0.6) is 0 Å². The molecule has 0 amide bonds. The van der Waals surface area contributed by atoms with Crippen LogP contribution < -0.4 is 0 Å². The first-order chi connectivity index (χ1) is 10.7. The highest BCUT2D eigenvalue weighted by atomic mass is 35.5. The van der Waals surface area contributed by atoms with E-state index in [2.05, 4.69) is 13.8 Å². The average Bonchev–Trinajstić information content (AvgIpc) is 2.79. The number of ketones is 1. The zero-order valence-electron chi connectivity index (χ0n) is 14.2. The lowest BCUT2D eigenvalue weighted by Crippen LogP contribution is -2.66. The van der Waals surface area contributed by atoms with Crippen molar-refractivity contribution in [3.05, 3.63) is 0 Å². The number of hydrogen-bond donors (Lipinski definition) is 2.